The molecule has 7 heteroatoms. The quantitative estimate of drug-likeness (QED) is 0.665. The molecule has 7 nitrogen and oxygen atoms in total. The lowest BCUT2D eigenvalue weighted by atomic mass is 10.2. The molecule has 1 N–H and O–H groups in total. The fourth-order valence-corrected chi connectivity index (χ4v) is 1.75. The monoisotopic (exact) mass is 272 g/mol. The van der Waals surface area contributed by atoms with Crippen molar-refractivity contribution in [3.63, 3.8) is 0 Å². The number of carbonyl (C=O) groups is 1. The fraction of sp³-hybridized carbons (Fsp3) is 0.154. The number of aromatic nitrogens is 2. The Morgan fingerprint density at radius 3 is 3.05 bits per heavy atom. The van der Waals surface area contributed by atoms with Gasteiger partial charge in [0.05, 0.1) is 6.21 Å². The zero-order valence-corrected chi connectivity index (χ0v) is 10.7. The second kappa shape index (κ2) is 5.04. The molecule has 20 heavy (non-hydrogen) atoms. The van der Waals surface area contributed by atoms with Crippen molar-refractivity contribution < 1.29 is 14.3 Å². The highest BCUT2D eigenvalue weighted by molar-refractivity contribution is 5.93. The number of benzene rings is 1. The summed E-state index contributed by atoms with van der Waals surface area (Å²) in [6.07, 6.45) is 3.22. The van der Waals surface area contributed by atoms with Crippen LogP contribution in [-0.2, 0) is 7.05 Å². The van der Waals surface area contributed by atoms with Crippen molar-refractivity contribution in [3.8, 4) is 11.5 Å². The van der Waals surface area contributed by atoms with Crippen molar-refractivity contribution >= 4 is 12.1 Å². The van der Waals surface area contributed by atoms with E-state index in [-0.39, 0.29) is 12.7 Å². The Kier molecular flexibility index (Phi) is 3.08. The zero-order chi connectivity index (χ0) is 13.9. The molecule has 1 aliphatic rings. The predicted octanol–water partition coefficient (Wildman–Crippen LogP) is 0.913. The number of fused-ring (bicyclic) bond motifs is 1. The lowest BCUT2D eigenvalue weighted by molar-refractivity contribution is 0.0949. The smallest absolute Gasteiger partial charge is 0.291 e. The third-order valence-corrected chi connectivity index (χ3v) is 2.72. The van der Waals surface area contributed by atoms with Crippen LogP contribution >= 0.6 is 0 Å². The summed E-state index contributed by atoms with van der Waals surface area (Å²) in [7, 11) is 1.74. The topological polar surface area (TPSA) is 77.7 Å². The summed E-state index contributed by atoms with van der Waals surface area (Å²) < 4.78 is 12.0. The Hall–Kier alpha value is -2.83. The molecule has 1 aliphatic heterocycles. The highest BCUT2D eigenvalue weighted by Crippen LogP contribution is 2.31. The summed E-state index contributed by atoms with van der Waals surface area (Å²) in [4.78, 5) is 11.7. The average Bonchev–Trinajstić information content (AvgIpc) is 3.06. The molecule has 0 bridgehead atoms. The summed E-state index contributed by atoms with van der Waals surface area (Å²) in [6.45, 7) is 0.229. The molecular formula is C13H12N4O3. The molecule has 0 unspecified atom stereocenters. The molecule has 0 radical (unpaired) electrons. The summed E-state index contributed by atoms with van der Waals surface area (Å²) >= 11 is 0. The lowest BCUT2D eigenvalue weighted by Gasteiger charge is -1.98. The number of aryl methyl sites for hydroxylation is 1. The molecule has 1 aromatic carbocycles. The zero-order valence-electron chi connectivity index (χ0n) is 10.7. The maximum Gasteiger partial charge on any atom is 0.291 e. The van der Waals surface area contributed by atoms with Gasteiger partial charge in [-0.1, -0.05) is 0 Å². The van der Waals surface area contributed by atoms with Crippen LogP contribution in [-0.4, -0.2) is 28.7 Å². The van der Waals surface area contributed by atoms with Crippen molar-refractivity contribution in [1.29, 1.82) is 0 Å². The summed E-state index contributed by atoms with van der Waals surface area (Å²) in [5.74, 6) is 1.02. The van der Waals surface area contributed by atoms with E-state index in [9.17, 15) is 4.79 Å². The molecule has 2 heterocycles. The van der Waals surface area contributed by atoms with Gasteiger partial charge in [-0.25, -0.2) is 5.43 Å². The fourth-order valence-electron chi connectivity index (χ4n) is 1.75. The van der Waals surface area contributed by atoms with Crippen LogP contribution in [0, 0.1) is 0 Å². The van der Waals surface area contributed by atoms with E-state index in [0.717, 1.165) is 5.56 Å². The molecular weight excluding hydrogens is 260 g/mol. The van der Waals surface area contributed by atoms with Crippen LogP contribution in [0.3, 0.4) is 0 Å². The standard InChI is InChI=1S/C13H12N4O3/c1-17-5-4-10(16-17)13(18)15-14-7-9-2-3-11-12(6-9)20-8-19-11/h2-7H,8H2,1H3,(H,15,18)/b14-7+. The second-order valence-corrected chi connectivity index (χ2v) is 4.19. The maximum absolute atomic E-state index is 11.7. The predicted molar refractivity (Wildman–Crippen MR) is 70.8 cm³/mol. The van der Waals surface area contributed by atoms with Crippen LogP contribution in [0.4, 0.5) is 0 Å². The van der Waals surface area contributed by atoms with Gasteiger partial charge in [0.15, 0.2) is 17.2 Å². The van der Waals surface area contributed by atoms with Crippen LogP contribution in [0.15, 0.2) is 35.6 Å². The Labute approximate surface area is 114 Å². The van der Waals surface area contributed by atoms with Crippen molar-refractivity contribution in [2.45, 2.75) is 0 Å². The van der Waals surface area contributed by atoms with E-state index in [0.29, 0.717) is 17.2 Å². The molecule has 2 aromatic rings. The van der Waals surface area contributed by atoms with Gasteiger partial charge in [-0.05, 0) is 29.8 Å². The second-order valence-electron chi connectivity index (χ2n) is 4.19. The number of hydrazone groups is 1. The number of hydrogen-bond acceptors (Lipinski definition) is 5. The molecule has 3 rings (SSSR count). The van der Waals surface area contributed by atoms with E-state index < -0.39 is 0 Å². The van der Waals surface area contributed by atoms with Gasteiger partial charge in [0, 0.05) is 13.2 Å². The van der Waals surface area contributed by atoms with Gasteiger partial charge in [-0.15, -0.1) is 0 Å². The van der Waals surface area contributed by atoms with E-state index in [1.807, 2.05) is 6.07 Å². The van der Waals surface area contributed by atoms with Crippen molar-refractivity contribution in [1.82, 2.24) is 15.2 Å². The molecule has 0 saturated heterocycles. The van der Waals surface area contributed by atoms with Gasteiger partial charge in [0.25, 0.3) is 5.91 Å². The van der Waals surface area contributed by atoms with Crippen LogP contribution in [0.1, 0.15) is 16.1 Å². The first-order valence-electron chi connectivity index (χ1n) is 5.95. The van der Waals surface area contributed by atoms with Crippen LogP contribution in [0.5, 0.6) is 11.5 Å². The minimum absolute atomic E-state index is 0.229. The minimum Gasteiger partial charge on any atom is -0.454 e. The number of nitrogens with zero attached hydrogens (tertiary/aromatic N) is 3. The minimum atomic E-state index is -0.359. The number of carbonyl (C=O) groups excluding carboxylic acids is 1. The molecule has 0 aliphatic carbocycles. The van der Waals surface area contributed by atoms with E-state index in [1.165, 1.54) is 6.21 Å². The molecule has 0 saturated carbocycles. The SMILES string of the molecule is Cn1ccc(C(=O)N/N=C/c2ccc3c(c2)OCO3)n1. The van der Waals surface area contributed by atoms with Crippen molar-refractivity contribution in [2.75, 3.05) is 6.79 Å². The number of amides is 1. The molecule has 0 atom stereocenters. The summed E-state index contributed by atoms with van der Waals surface area (Å²) in [5, 5.41) is 7.86. The Balaban J connectivity index is 1.64. The Bertz CT molecular complexity index is 678. The normalized spacial score (nSPS) is 12.8. The van der Waals surface area contributed by atoms with Crippen LogP contribution in [0.2, 0.25) is 0 Å². The maximum atomic E-state index is 11.7. The third-order valence-electron chi connectivity index (χ3n) is 2.72. The molecule has 0 fully saturated rings. The molecule has 102 valence electrons. The van der Waals surface area contributed by atoms with Crippen LogP contribution in [0.25, 0.3) is 0 Å². The van der Waals surface area contributed by atoms with Gasteiger partial charge >= 0.3 is 0 Å². The largest absolute Gasteiger partial charge is 0.454 e. The van der Waals surface area contributed by atoms with Crippen molar-refractivity contribution in [2.24, 2.45) is 12.1 Å². The van der Waals surface area contributed by atoms with Crippen LogP contribution < -0.4 is 14.9 Å². The first kappa shape index (κ1) is 12.2. The highest BCUT2D eigenvalue weighted by atomic mass is 16.7. The summed E-state index contributed by atoms with van der Waals surface area (Å²) in [5.41, 5.74) is 3.53. The van der Waals surface area contributed by atoms with Gasteiger partial charge in [0.1, 0.15) is 0 Å². The molecule has 1 amide bonds. The first-order valence-corrected chi connectivity index (χ1v) is 5.95. The Morgan fingerprint density at radius 2 is 2.25 bits per heavy atom. The number of nitrogens with one attached hydrogen (secondary N) is 1. The average molecular weight is 272 g/mol. The highest BCUT2D eigenvalue weighted by Gasteiger charge is 2.12. The van der Waals surface area contributed by atoms with Gasteiger partial charge < -0.3 is 9.47 Å². The number of rotatable bonds is 3. The van der Waals surface area contributed by atoms with E-state index in [1.54, 1.807) is 36.1 Å². The molecule has 0 spiro atoms. The van der Waals surface area contributed by atoms with Crippen molar-refractivity contribution in [3.05, 3.63) is 41.7 Å². The van der Waals surface area contributed by atoms with E-state index in [4.69, 9.17) is 9.47 Å². The third kappa shape index (κ3) is 2.46. The van der Waals surface area contributed by atoms with Gasteiger partial charge in [0.2, 0.25) is 6.79 Å². The van der Waals surface area contributed by atoms with Gasteiger partial charge in [-0.3, -0.25) is 9.48 Å². The first-order chi connectivity index (χ1) is 9.72. The Morgan fingerprint density at radius 1 is 1.40 bits per heavy atom. The number of ether oxygens (including phenoxy) is 2. The van der Waals surface area contributed by atoms with E-state index >= 15 is 0 Å². The van der Waals surface area contributed by atoms with E-state index in [2.05, 4.69) is 15.6 Å². The number of hydrogen-bond donors (Lipinski definition) is 1. The summed E-state index contributed by atoms with van der Waals surface area (Å²) in [6, 6.07) is 7.03. The lowest BCUT2D eigenvalue weighted by Crippen LogP contribution is -2.18. The van der Waals surface area contributed by atoms with Gasteiger partial charge in [-0.2, -0.15) is 10.2 Å². The molecule has 1 aromatic heterocycles.